The van der Waals surface area contributed by atoms with Crippen molar-refractivity contribution in [2.45, 2.75) is 10.6 Å². The van der Waals surface area contributed by atoms with E-state index in [0.717, 1.165) is 22.6 Å². The van der Waals surface area contributed by atoms with Gasteiger partial charge in [0.15, 0.2) is 8.68 Å². The molecule has 0 amide bonds. The van der Waals surface area contributed by atoms with Crippen LogP contribution in [0.2, 0.25) is 4.47 Å². The summed E-state index contributed by atoms with van der Waals surface area (Å²) >= 11 is 6.56. The van der Waals surface area contributed by atoms with E-state index in [1.54, 1.807) is 7.11 Å². The Morgan fingerprint density at radius 3 is 2.90 bits per heavy atom. The van der Waals surface area contributed by atoms with E-state index in [-0.39, 0.29) is 8.68 Å². The molecule has 0 saturated heterocycles. The molecule has 0 bridgehead atoms. The Bertz CT molecular complexity index is 686. The van der Waals surface area contributed by atoms with Gasteiger partial charge in [-0.15, -0.1) is 0 Å². The maximum atomic E-state index is 11.9. The number of hydrogen-bond donors (Lipinski definition) is 1. The van der Waals surface area contributed by atoms with Crippen LogP contribution < -0.4 is 9.46 Å². The molecular weight excluding hydrogens is 320 g/mol. The number of methoxy groups -OCH3 is 1. The van der Waals surface area contributed by atoms with Crippen LogP contribution >= 0.6 is 22.9 Å². The highest BCUT2D eigenvalue weighted by molar-refractivity contribution is 7.91. The summed E-state index contributed by atoms with van der Waals surface area (Å²) < 4.78 is 31.8. The molecule has 0 atom stereocenters. The Hall–Kier alpha value is -1.15. The molecule has 0 radical (unpaired) electrons. The van der Waals surface area contributed by atoms with Gasteiger partial charge in [-0.1, -0.05) is 35.1 Å². The van der Waals surface area contributed by atoms with Crippen molar-refractivity contribution in [3.8, 4) is 5.75 Å². The van der Waals surface area contributed by atoms with E-state index in [1.165, 1.54) is 6.20 Å². The van der Waals surface area contributed by atoms with Gasteiger partial charge in [-0.3, -0.25) is 0 Å². The number of nitrogens with zero attached hydrogens (tertiary/aromatic N) is 1. The number of sulfonamides is 1. The number of aromatic nitrogens is 1. The zero-order valence-corrected chi connectivity index (χ0v) is 13.1. The van der Waals surface area contributed by atoms with Crippen molar-refractivity contribution in [2.24, 2.45) is 0 Å². The minimum atomic E-state index is -3.53. The van der Waals surface area contributed by atoms with Gasteiger partial charge >= 0.3 is 0 Å². The fourth-order valence-corrected chi connectivity index (χ4v) is 3.96. The van der Waals surface area contributed by atoms with Gasteiger partial charge in [0.25, 0.3) is 10.0 Å². The zero-order chi connectivity index (χ0) is 14.6. The molecule has 20 heavy (non-hydrogen) atoms. The molecule has 108 valence electrons. The molecular formula is C12H13ClN2O3S2. The largest absolute Gasteiger partial charge is 0.497 e. The first-order valence-electron chi connectivity index (χ1n) is 5.75. The fourth-order valence-electron chi connectivity index (χ4n) is 1.59. The van der Waals surface area contributed by atoms with Crippen molar-refractivity contribution in [2.75, 3.05) is 13.7 Å². The number of hydrogen-bond acceptors (Lipinski definition) is 5. The minimum absolute atomic E-state index is 0.119. The number of thiazole rings is 1. The van der Waals surface area contributed by atoms with Gasteiger partial charge in [-0.05, 0) is 24.1 Å². The lowest BCUT2D eigenvalue weighted by Gasteiger charge is -2.06. The molecule has 0 aliphatic rings. The zero-order valence-electron chi connectivity index (χ0n) is 10.7. The van der Waals surface area contributed by atoms with Crippen LogP contribution in [0.25, 0.3) is 0 Å². The summed E-state index contributed by atoms with van der Waals surface area (Å²) in [4.78, 5) is 3.72. The third-order valence-corrected chi connectivity index (χ3v) is 5.60. The van der Waals surface area contributed by atoms with Crippen LogP contribution in [-0.4, -0.2) is 27.1 Å². The van der Waals surface area contributed by atoms with E-state index in [1.807, 2.05) is 24.3 Å². The second-order valence-corrected chi connectivity index (χ2v) is 7.54. The third-order valence-electron chi connectivity index (χ3n) is 2.56. The van der Waals surface area contributed by atoms with Gasteiger partial charge in [0.05, 0.1) is 13.3 Å². The van der Waals surface area contributed by atoms with Gasteiger partial charge in [0, 0.05) is 6.54 Å². The Morgan fingerprint density at radius 1 is 1.45 bits per heavy atom. The van der Waals surface area contributed by atoms with Gasteiger partial charge in [-0.2, -0.15) is 0 Å². The van der Waals surface area contributed by atoms with Gasteiger partial charge in [0.1, 0.15) is 5.75 Å². The molecule has 0 fully saturated rings. The number of nitrogens with one attached hydrogen (secondary N) is 1. The molecule has 1 aromatic carbocycles. The Morgan fingerprint density at radius 2 is 2.25 bits per heavy atom. The first-order valence-corrected chi connectivity index (χ1v) is 8.43. The topological polar surface area (TPSA) is 68.3 Å². The average Bonchev–Trinajstić information content (AvgIpc) is 2.86. The van der Waals surface area contributed by atoms with Crippen LogP contribution in [-0.2, 0) is 16.4 Å². The van der Waals surface area contributed by atoms with E-state index in [0.29, 0.717) is 13.0 Å². The summed E-state index contributed by atoms with van der Waals surface area (Å²) in [6, 6.07) is 7.50. The quantitative estimate of drug-likeness (QED) is 0.881. The standard InChI is InChI=1S/C12H13ClN2O3S2/c1-18-10-4-2-3-9(7-10)5-6-15-20(16,17)11-8-14-12(13)19-11/h2-4,7-8,15H,5-6H2,1H3. The highest BCUT2D eigenvalue weighted by Crippen LogP contribution is 2.22. The second kappa shape index (κ2) is 6.53. The molecule has 2 rings (SSSR count). The molecule has 0 aliphatic heterocycles. The minimum Gasteiger partial charge on any atom is -0.497 e. The van der Waals surface area contributed by atoms with Gasteiger partial charge in [0.2, 0.25) is 0 Å². The maximum absolute atomic E-state index is 11.9. The second-order valence-electron chi connectivity index (χ2n) is 3.93. The number of benzene rings is 1. The number of rotatable bonds is 6. The van der Waals surface area contributed by atoms with E-state index in [9.17, 15) is 8.42 Å². The summed E-state index contributed by atoms with van der Waals surface area (Å²) in [5, 5.41) is 0. The molecule has 2 aromatic rings. The monoisotopic (exact) mass is 332 g/mol. The Kier molecular flexibility index (Phi) is 4.98. The first kappa shape index (κ1) is 15.2. The lowest BCUT2D eigenvalue weighted by Crippen LogP contribution is -2.25. The highest BCUT2D eigenvalue weighted by Gasteiger charge is 2.16. The summed E-state index contributed by atoms with van der Waals surface area (Å²) in [6.45, 7) is 0.297. The predicted molar refractivity (Wildman–Crippen MR) is 79.0 cm³/mol. The summed E-state index contributed by atoms with van der Waals surface area (Å²) in [7, 11) is -1.94. The van der Waals surface area contributed by atoms with E-state index < -0.39 is 10.0 Å². The van der Waals surface area contributed by atoms with Gasteiger partial charge in [-0.25, -0.2) is 18.1 Å². The third kappa shape index (κ3) is 3.92. The number of halogens is 1. The molecule has 0 spiro atoms. The van der Waals surface area contributed by atoms with Crippen LogP contribution in [0.4, 0.5) is 0 Å². The molecule has 0 saturated carbocycles. The SMILES string of the molecule is COc1cccc(CCNS(=O)(=O)c2cnc(Cl)s2)c1. The van der Waals surface area contributed by atoms with Crippen molar-refractivity contribution >= 4 is 33.0 Å². The van der Waals surface area contributed by atoms with E-state index >= 15 is 0 Å². The molecule has 0 aliphatic carbocycles. The molecule has 1 N–H and O–H groups in total. The van der Waals surface area contributed by atoms with Crippen LogP contribution in [0.5, 0.6) is 5.75 Å². The van der Waals surface area contributed by atoms with Crippen molar-refractivity contribution in [1.82, 2.24) is 9.71 Å². The smallest absolute Gasteiger partial charge is 0.251 e. The van der Waals surface area contributed by atoms with Crippen LogP contribution in [0.15, 0.2) is 34.7 Å². The molecule has 5 nitrogen and oxygen atoms in total. The van der Waals surface area contributed by atoms with Crippen LogP contribution in [0.3, 0.4) is 0 Å². The average molecular weight is 333 g/mol. The lowest BCUT2D eigenvalue weighted by atomic mass is 10.1. The molecule has 8 heteroatoms. The van der Waals surface area contributed by atoms with E-state index in [4.69, 9.17) is 16.3 Å². The first-order chi connectivity index (χ1) is 9.51. The maximum Gasteiger partial charge on any atom is 0.251 e. The van der Waals surface area contributed by atoms with E-state index in [2.05, 4.69) is 9.71 Å². The summed E-state index contributed by atoms with van der Waals surface area (Å²) in [6.07, 6.45) is 1.82. The summed E-state index contributed by atoms with van der Waals surface area (Å²) in [5.74, 6) is 0.750. The van der Waals surface area contributed by atoms with Gasteiger partial charge < -0.3 is 4.74 Å². The van der Waals surface area contributed by atoms with Crippen molar-refractivity contribution < 1.29 is 13.2 Å². The Balaban J connectivity index is 1.95. The van der Waals surface area contributed by atoms with Crippen molar-refractivity contribution in [3.05, 3.63) is 40.5 Å². The van der Waals surface area contributed by atoms with Crippen LogP contribution in [0, 0.1) is 0 Å². The van der Waals surface area contributed by atoms with Crippen molar-refractivity contribution in [1.29, 1.82) is 0 Å². The highest BCUT2D eigenvalue weighted by atomic mass is 35.5. The fraction of sp³-hybridized carbons (Fsp3) is 0.250. The predicted octanol–water partition coefficient (Wildman–Crippen LogP) is 2.33. The van der Waals surface area contributed by atoms with Crippen molar-refractivity contribution in [3.63, 3.8) is 0 Å². The summed E-state index contributed by atoms with van der Waals surface area (Å²) in [5.41, 5.74) is 0.995. The molecule has 0 unspecified atom stereocenters. The Labute approximate surface area is 126 Å². The lowest BCUT2D eigenvalue weighted by molar-refractivity contribution is 0.414. The van der Waals surface area contributed by atoms with Crippen LogP contribution in [0.1, 0.15) is 5.56 Å². The number of ether oxygens (including phenoxy) is 1. The normalized spacial score (nSPS) is 11.5. The molecule has 1 heterocycles. The molecule has 1 aromatic heterocycles.